The lowest BCUT2D eigenvalue weighted by Gasteiger charge is -2.08. The van der Waals surface area contributed by atoms with Crippen molar-refractivity contribution in [1.29, 1.82) is 0 Å². The minimum Gasteiger partial charge on any atom is -0.478 e. The van der Waals surface area contributed by atoms with E-state index in [4.69, 9.17) is 5.11 Å². The van der Waals surface area contributed by atoms with E-state index >= 15 is 0 Å². The highest BCUT2D eigenvalue weighted by molar-refractivity contribution is 7.89. The van der Waals surface area contributed by atoms with Gasteiger partial charge in [0.25, 0.3) is 0 Å². The Balaban J connectivity index is 2.04. The van der Waals surface area contributed by atoms with Gasteiger partial charge in [-0.15, -0.1) is 0 Å². The van der Waals surface area contributed by atoms with Crippen molar-refractivity contribution in [3.8, 4) is 0 Å². The van der Waals surface area contributed by atoms with Crippen LogP contribution in [0.5, 0.6) is 0 Å². The summed E-state index contributed by atoms with van der Waals surface area (Å²) in [6, 6.07) is 7.62. The maximum atomic E-state index is 13.4. The van der Waals surface area contributed by atoms with Crippen LogP contribution >= 0.6 is 0 Å². The number of aromatic carboxylic acids is 1. The van der Waals surface area contributed by atoms with Crippen molar-refractivity contribution in [3.05, 3.63) is 65.2 Å². The second kappa shape index (κ2) is 6.84. The van der Waals surface area contributed by atoms with Crippen LogP contribution in [0, 0.1) is 11.6 Å². The molecule has 0 saturated carbocycles. The maximum Gasteiger partial charge on any atom is 0.335 e. The number of hydrogen-bond acceptors (Lipinski definition) is 3. The summed E-state index contributed by atoms with van der Waals surface area (Å²) >= 11 is 0. The Hall–Kier alpha value is -2.32. The van der Waals surface area contributed by atoms with E-state index in [0.717, 1.165) is 30.3 Å². The molecule has 0 unspecified atom stereocenters. The molecule has 23 heavy (non-hydrogen) atoms. The first-order valence-corrected chi connectivity index (χ1v) is 8.05. The monoisotopic (exact) mass is 341 g/mol. The normalized spacial score (nSPS) is 11.4. The van der Waals surface area contributed by atoms with Crippen molar-refractivity contribution in [1.82, 2.24) is 4.72 Å². The average molecular weight is 341 g/mol. The number of carbonyl (C=O) groups is 1. The molecule has 2 aromatic rings. The van der Waals surface area contributed by atoms with Crippen LogP contribution in [-0.2, 0) is 16.4 Å². The zero-order valence-electron chi connectivity index (χ0n) is 11.8. The molecule has 122 valence electrons. The van der Waals surface area contributed by atoms with Crippen LogP contribution in [-0.4, -0.2) is 26.0 Å². The molecule has 0 amide bonds. The van der Waals surface area contributed by atoms with Gasteiger partial charge in [0, 0.05) is 6.54 Å². The van der Waals surface area contributed by atoms with Gasteiger partial charge in [0.1, 0.15) is 11.6 Å². The molecule has 2 N–H and O–H groups in total. The van der Waals surface area contributed by atoms with Crippen LogP contribution in [0.15, 0.2) is 47.4 Å². The Morgan fingerprint density at radius 2 is 1.74 bits per heavy atom. The third kappa shape index (κ3) is 4.33. The fraction of sp³-hybridized carbons (Fsp3) is 0.133. The fourth-order valence-corrected chi connectivity index (χ4v) is 2.95. The van der Waals surface area contributed by atoms with Gasteiger partial charge in [-0.25, -0.2) is 26.7 Å². The molecule has 0 aliphatic heterocycles. The molecular formula is C15H13F2NO4S. The number of benzene rings is 2. The van der Waals surface area contributed by atoms with Gasteiger partial charge in [0.2, 0.25) is 10.0 Å². The van der Waals surface area contributed by atoms with Crippen molar-refractivity contribution in [2.45, 2.75) is 11.3 Å². The highest BCUT2D eigenvalue weighted by Gasteiger charge is 2.15. The third-order valence-corrected chi connectivity index (χ3v) is 4.58. The molecule has 0 fully saturated rings. The van der Waals surface area contributed by atoms with Crippen molar-refractivity contribution in [3.63, 3.8) is 0 Å². The van der Waals surface area contributed by atoms with Crippen molar-refractivity contribution >= 4 is 16.0 Å². The lowest BCUT2D eigenvalue weighted by Crippen LogP contribution is -2.26. The highest BCUT2D eigenvalue weighted by Crippen LogP contribution is 2.12. The number of nitrogens with one attached hydrogen (secondary N) is 1. The van der Waals surface area contributed by atoms with E-state index in [-0.39, 0.29) is 29.0 Å². The first-order valence-electron chi connectivity index (χ1n) is 6.56. The van der Waals surface area contributed by atoms with Crippen LogP contribution in [0.2, 0.25) is 0 Å². The molecular weight excluding hydrogens is 328 g/mol. The Morgan fingerprint density at radius 1 is 1.09 bits per heavy atom. The van der Waals surface area contributed by atoms with Crippen LogP contribution in [0.4, 0.5) is 8.78 Å². The zero-order valence-corrected chi connectivity index (χ0v) is 12.6. The van der Waals surface area contributed by atoms with E-state index in [9.17, 15) is 22.0 Å². The maximum absolute atomic E-state index is 13.4. The number of sulfonamides is 1. The molecule has 0 aromatic heterocycles. The Bertz CT molecular complexity index is 820. The van der Waals surface area contributed by atoms with E-state index in [0.29, 0.717) is 0 Å². The molecule has 0 saturated heterocycles. The van der Waals surface area contributed by atoms with E-state index in [1.807, 2.05) is 0 Å². The van der Waals surface area contributed by atoms with Crippen molar-refractivity contribution < 1.29 is 27.1 Å². The highest BCUT2D eigenvalue weighted by atomic mass is 32.2. The predicted molar refractivity (Wildman–Crippen MR) is 78.7 cm³/mol. The van der Waals surface area contributed by atoms with Gasteiger partial charge in [-0.05, 0) is 54.4 Å². The second-order valence-corrected chi connectivity index (χ2v) is 6.48. The summed E-state index contributed by atoms with van der Waals surface area (Å²) in [6.45, 7) is -0.122. The molecule has 0 aliphatic rings. The Labute approximate surface area is 131 Å². The third-order valence-electron chi connectivity index (χ3n) is 3.11. The first-order chi connectivity index (χ1) is 10.8. The van der Waals surface area contributed by atoms with Gasteiger partial charge in [0.05, 0.1) is 10.5 Å². The van der Waals surface area contributed by atoms with Crippen LogP contribution < -0.4 is 4.72 Å². The summed E-state index contributed by atoms with van der Waals surface area (Å²) in [7, 11) is -3.85. The molecule has 2 rings (SSSR count). The second-order valence-electron chi connectivity index (χ2n) is 4.71. The molecule has 5 nitrogen and oxygen atoms in total. The summed E-state index contributed by atoms with van der Waals surface area (Å²) in [5.74, 6) is -2.38. The van der Waals surface area contributed by atoms with Gasteiger partial charge in [-0.1, -0.05) is 0 Å². The Morgan fingerprint density at radius 3 is 2.35 bits per heavy atom. The molecule has 0 heterocycles. The standard InChI is InChI=1S/C15H13F2NO4S/c16-12-3-6-14(17)11(9-12)7-8-18-23(21,22)13-4-1-10(2-5-13)15(19)20/h1-6,9,18H,7-8H2,(H,19,20). The number of hydrogen-bond donors (Lipinski definition) is 2. The summed E-state index contributed by atoms with van der Waals surface area (Å²) in [5.41, 5.74) is 0.0275. The predicted octanol–water partition coefficient (Wildman–Crippen LogP) is 2.18. The topological polar surface area (TPSA) is 83.5 Å². The average Bonchev–Trinajstić information content (AvgIpc) is 2.50. The van der Waals surface area contributed by atoms with Crippen molar-refractivity contribution in [2.75, 3.05) is 6.54 Å². The summed E-state index contributed by atoms with van der Waals surface area (Å²) in [6.07, 6.45) is -0.0178. The summed E-state index contributed by atoms with van der Waals surface area (Å²) in [5, 5.41) is 8.76. The van der Waals surface area contributed by atoms with Gasteiger partial charge in [-0.2, -0.15) is 0 Å². The van der Waals surface area contributed by atoms with E-state index in [1.165, 1.54) is 12.1 Å². The minimum atomic E-state index is -3.85. The zero-order chi connectivity index (χ0) is 17.0. The molecule has 8 heteroatoms. The molecule has 0 atom stereocenters. The molecule has 0 bridgehead atoms. The van der Waals surface area contributed by atoms with Gasteiger partial charge in [-0.3, -0.25) is 0 Å². The van der Waals surface area contributed by atoms with Gasteiger partial charge < -0.3 is 5.11 Å². The molecule has 0 radical (unpaired) electrons. The summed E-state index contributed by atoms with van der Waals surface area (Å²) < 4.78 is 52.8. The van der Waals surface area contributed by atoms with E-state index < -0.39 is 27.6 Å². The van der Waals surface area contributed by atoms with Crippen LogP contribution in [0.25, 0.3) is 0 Å². The fourth-order valence-electron chi connectivity index (χ4n) is 1.91. The van der Waals surface area contributed by atoms with Gasteiger partial charge in [0.15, 0.2) is 0 Å². The number of carboxylic acids is 1. The Kier molecular flexibility index (Phi) is 5.07. The molecule has 0 spiro atoms. The number of halogens is 2. The van der Waals surface area contributed by atoms with Gasteiger partial charge >= 0.3 is 5.97 Å². The lowest BCUT2D eigenvalue weighted by atomic mass is 10.1. The van der Waals surface area contributed by atoms with Crippen molar-refractivity contribution in [2.24, 2.45) is 0 Å². The van der Waals surface area contributed by atoms with E-state index in [2.05, 4.69) is 4.72 Å². The number of rotatable bonds is 6. The SMILES string of the molecule is O=C(O)c1ccc(S(=O)(=O)NCCc2cc(F)ccc2F)cc1. The quantitative estimate of drug-likeness (QED) is 0.844. The van der Waals surface area contributed by atoms with Crippen LogP contribution in [0.1, 0.15) is 15.9 Å². The first kappa shape index (κ1) is 17.0. The smallest absolute Gasteiger partial charge is 0.335 e. The van der Waals surface area contributed by atoms with Crippen LogP contribution in [0.3, 0.4) is 0 Å². The van der Waals surface area contributed by atoms with E-state index in [1.54, 1.807) is 0 Å². The number of carboxylic acid groups (broad SMARTS) is 1. The minimum absolute atomic E-state index is 0.0178. The molecule has 0 aliphatic carbocycles. The molecule has 2 aromatic carbocycles. The largest absolute Gasteiger partial charge is 0.478 e. The lowest BCUT2D eigenvalue weighted by molar-refractivity contribution is 0.0696. The summed E-state index contributed by atoms with van der Waals surface area (Å²) in [4.78, 5) is 10.6.